The van der Waals surface area contributed by atoms with Crippen LogP contribution in [0, 0.1) is 0 Å². The van der Waals surface area contributed by atoms with Crippen molar-refractivity contribution in [2.24, 2.45) is 0 Å². The van der Waals surface area contributed by atoms with Crippen molar-refractivity contribution in [3.8, 4) is 0 Å². The molecular weight excluding hydrogens is 204 g/mol. The van der Waals surface area contributed by atoms with E-state index in [1.165, 1.54) is 5.01 Å². The van der Waals surface area contributed by atoms with Crippen molar-refractivity contribution in [3.05, 3.63) is 48.0 Å². The van der Waals surface area contributed by atoms with Crippen LogP contribution in [-0.4, -0.2) is 24.2 Å². The lowest BCUT2D eigenvalue weighted by atomic mass is 10.2. The average molecular weight is 218 g/mol. The van der Waals surface area contributed by atoms with Gasteiger partial charge in [-0.2, -0.15) is 0 Å². The Bertz CT molecular complexity index is 376. The van der Waals surface area contributed by atoms with E-state index in [2.05, 4.69) is 5.43 Å². The normalized spacial score (nSPS) is 14.9. The summed E-state index contributed by atoms with van der Waals surface area (Å²) in [6.45, 7) is 1.52. The van der Waals surface area contributed by atoms with Crippen molar-refractivity contribution in [2.75, 3.05) is 13.1 Å². The second kappa shape index (κ2) is 5.32. The molecule has 0 saturated heterocycles. The van der Waals surface area contributed by atoms with E-state index in [4.69, 9.17) is 4.74 Å². The molecule has 0 aromatic heterocycles. The van der Waals surface area contributed by atoms with Gasteiger partial charge in [0, 0.05) is 6.54 Å². The summed E-state index contributed by atoms with van der Waals surface area (Å²) in [5, 5.41) is 1.46. The number of hydrogen-bond donors (Lipinski definition) is 1. The second-order valence-corrected chi connectivity index (χ2v) is 3.48. The van der Waals surface area contributed by atoms with E-state index >= 15 is 0 Å². The second-order valence-electron chi connectivity index (χ2n) is 3.48. The highest BCUT2D eigenvalue weighted by Gasteiger charge is 2.14. The highest BCUT2D eigenvalue weighted by Crippen LogP contribution is 2.03. The lowest BCUT2D eigenvalue weighted by Gasteiger charge is -2.23. The van der Waals surface area contributed by atoms with E-state index in [0.29, 0.717) is 19.7 Å². The molecule has 4 heteroatoms. The Balaban J connectivity index is 1.82. The molecule has 0 fully saturated rings. The van der Waals surface area contributed by atoms with Gasteiger partial charge in [0.05, 0.1) is 6.54 Å². The van der Waals surface area contributed by atoms with Crippen molar-refractivity contribution in [1.82, 2.24) is 10.4 Å². The number of rotatable bonds is 2. The molecule has 0 aliphatic carbocycles. The molecule has 0 bridgehead atoms. The van der Waals surface area contributed by atoms with Crippen LogP contribution >= 0.6 is 0 Å². The number of hydrogen-bond acceptors (Lipinski definition) is 3. The Hall–Kier alpha value is -1.81. The predicted octanol–water partition coefficient (Wildman–Crippen LogP) is 1.70. The standard InChI is InChI=1S/C12H14N2O2/c15-12(14-9-5-4-8-13-14)16-10-11-6-2-1-3-7-11/h1-7,13H,8-10H2. The third kappa shape index (κ3) is 2.84. The fourth-order valence-corrected chi connectivity index (χ4v) is 1.43. The zero-order valence-corrected chi connectivity index (χ0v) is 8.93. The third-order valence-electron chi connectivity index (χ3n) is 2.28. The molecule has 84 valence electrons. The smallest absolute Gasteiger partial charge is 0.424 e. The van der Waals surface area contributed by atoms with Gasteiger partial charge in [0.2, 0.25) is 0 Å². The molecule has 0 spiro atoms. The minimum absolute atomic E-state index is 0.307. The summed E-state index contributed by atoms with van der Waals surface area (Å²) in [6, 6.07) is 9.63. The molecule has 1 N–H and O–H groups in total. The molecule has 1 aromatic rings. The molecular formula is C12H14N2O2. The van der Waals surface area contributed by atoms with Gasteiger partial charge < -0.3 is 4.74 Å². The number of carbonyl (C=O) groups excluding carboxylic acids is 1. The highest BCUT2D eigenvalue weighted by molar-refractivity contribution is 5.67. The molecule has 0 radical (unpaired) electrons. The van der Waals surface area contributed by atoms with E-state index in [-0.39, 0.29) is 6.09 Å². The van der Waals surface area contributed by atoms with Crippen molar-refractivity contribution in [2.45, 2.75) is 6.61 Å². The quantitative estimate of drug-likeness (QED) is 0.768. The van der Waals surface area contributed by atoms with Crippen LogP contribution in [0.3, 0.4) is 0 Å². The van der Waals surface area contributed by atoms with Gasteiger partial charge in [0.15, 0.2) is 0 Å². The molecule has 1 aliphatic heterocycles. The maximum atomic E-state index is 11.6. The zero-order chi connectivity index (χ0) is 11.2. The van der Waals surface area contributed by atoms with Gasteiger partial charge >= 0.3 is 6.09 Å². The maximum absolute atomic E-state index is 11.6. The van der Waals surface area contributed by atoms with Gasteiger partial charge in [0.1, 0.15) is 6.61 Å². The van der Waals surface area contributed by atoms with Crippen molar-refractivity contribution >= 4 is 6.09 Å². The van der Waals surface area contributed by atoms with Crippen LogP contribution in [0.2, 0.25) is 0 Å². The number of ether oxygens (including phenoxy) is 1. The molecule has 1 amide bonds. The van der Waals surface area contributed by atoms with Crippen LogP contribution in [0.15, 0.2) is 42.5 Å². The number of amides is 1. The summed E-state index contributed by atoms with van der Waals surface area (Å²) in [5.74, 6) is 0. The minimum atomic E-state index is -0.340. The molecule has 4 nitrogen and oxygen atoms in total. The summed E-state index contributed by atoms with van der Waals surface area (Å²) < 4.78 is 5.16. The molecule has 1 aromatic carbocycles. The molecule has 2 rings (SSSR count). The zero-order valence-electron chi connectivity index (χ0n) is 8.93. The molecule has 1 aliphatic rings. The van der Waals surface area contributed by atoms with E-state index in [1.807, 2.05) is 42.5 Å². The van der Waals surface area contributed by atoms with Gasteiger partial charge in [-0.25, -0.2) is 15.2 Å². The SMILES string of the molecule is O=C(OCc1ccccc1)N1CC=CCN1. The summed E-state index contributed by atoms with van der Waals surface area (Å²) in [5.41, 5.74) is 3.92. The minimum Gasteiger partial charge on any atom is -0.444 e. The number of hydrazine groups is 1. The Morgan fingerprint density at radius 1 is 1.31 bits per heavy atom. The first-order chi connectivity index (χ1) is 7.86. The highest BCUT2D eigenvalue weighted by atomic mass is 16.6. The van der Waals surface area contributed by atoms with Crippen LogP contribution in [-0.2, 0) is 11.3 Å². The van der Waals surface area contributed by atoms with Crippen LogP contribution in [0.25, 0.3) is 0 Å². The largest absolute Gasteiger partial charge is 0.444 e. The lowest BCUT2D eigenvalue weighted by molar-refractivity contribution is 0.0821. The van der Waals surface area contributed by atoms with Crippen molar-refractivity contribution in [1.29, 1.82) is 0 Å². The van der Waals surface area contributed by atoms with E-state index in [9.17, 15) is 4.79 Å². The van der Waals surface area contributed by atoms with E-state index in [1.54, 1.807) is 0 Å². The molecule has 1 heterocycles. The summed E-state index contributed by atoms with van der Waals surface area (Å²) >= 11 is 0. The predicted molar refractivity (Wildman–Crippen MR) is 60.5 cm³/mol. The first kappa shape index (κ1) is 10.7. The first-order valence-corrected chi connectivity index (χ1v) is 5.23. The average Bonchev–Trinajstić information content (AvgIpc) is 2.38. The first-order valence-electron chi connectivity index (χ1n) is 5.23. The lowest BCUT2D eigenvalue weighted by Crippen LogP contribution is -2.45. The molecule has 16 heavy (non-hydrogen) atoms. The van der Waals surface area contributed by atoms with Gasteiger partial charge in [-0.3, -0.25) is 0 Å². The third-order valence-corrected chi connectivity index (χ3v) is 2.28. The van der Waals surface area contributed by atoms with Gasteiger partial charge in [0.25, 0.3) is 0 Å². The van der Waals surface area contributed by atoms with E-state index in [0.717, 1.165) is 5.56 Å². The Morgan fingerprint density at radius 3 is 2.81 bits per heavy atom. The van der Waals surface area contributed by atoms with Crippen LogP contribution in [0.5, 0.6) is 0 Å². The van der Waals surface area contributed by atoms with Gasteiger partial charge in [-0.1, -0.05) is 42.5 Å². The number of benzene rings is 1. The fourth-order valence-electron chi connectivity index (χ4n) is 1.43. The Labute approximate surface area is 94.5 Å². The van der Waals surface area contributed by atoms with Gasteiger partial charge in [-0.05, 0) is 5.56 Å². The summed E-state index contributed by atoms with van der Waals surface area (Å²) in [4.78, 5) is 11.6. The number of nitrogens with zero attached hydrogens (tertiary/aromatic N) is 1. The summed E-state index contributed by atoms with van der Waals surface area (Å²) in [7, 11) is 0. The summed E-state index contributed by atoms with van der Waals surface area (Å²) in [6.07, 6.45) is 3.56. The molecule has 0 atom stereocenters. The van der Waals surface area contributed by atoms with Crippen molar-refractivity contribution in [3.63, 3.8) is 0 Å². The van der Waals surface area contributed by atoms with E-state index < -0.39 is 0 Å². The Morgan fingerprint density at radius 2 is 2.12 bits per heavy atom. The topological polar surface area (TPSA) is 41.6 Å². The number of carbonyl (C=O) groups is 1. The number of nitrogens with one attached hydrogen (secondary N) is 1. The van der Waals surface area contributed by atoms with Gasteiger partial charge in [-0.15, -0.1) is 0 Å². The maximum Gasteiger partial charge on any atom is 0.424 e. The molecule has 0 saturated carbocycles. The molecule has 0 unspecified atom stereocenters. The Kier molecular flexibility index (Phi) is 3.56. The monoisotopic (exact) mass is 218 g/mol. The van der Waals surface area contributed by atoms with Crippen LogP contribution in [0.1, 0.15) is 5.56 Å². The van der Waals surface area contributed by atoms with Crippen LogP contribution in [0.4, 0.5) is 4.79 Å². The fraction of sp³-hybridized carbons (Fsp3) is 0.250. The van der Waals surface area contributed by atoms with Crippen molar-refractivity contribution < 1.29 is 9.53 Å². The van der Waals surface area contributed by atoms with Crippen LogP contribution < -0.4 is 5.43 Å².